The van der Waals surface area contributed by atoms with Gasteiger partial charge in [-0.3, -0.25) is 4.90 Å². The predicted octanol–water partition coefficient (Wildman–Crippen LogP) is 3.56. The van der Waals surface area contributed by atoms with Gasteiger partial charge in [0.2, 0.25) is 0 Å². The van der Waals surface area contributed by atoms with Crippen molar-refractivity contribution >= 4 is 0 Å². The van der Waals surface area contributed by atoms with Gasteiger partial charge < -0.3 is 24.2 Å². The summed E-state index contributed by atoms with van der Waals surface area (Å²) in [5, 5.41) is 10.4. The zero-order valence-electron chi connectivity index (χ0n) is 19.0. The minimum atomic E-state index is -0.512. The number of nitrogens with zero attached hydrogens (tertiary/aromatic N) is 2. The number of β-amino-alcohol motifs (C(OH)–C–C–N with tert-alkyl or cyclic N) is 1. The van der Waals surface area contributed by atoms with Crippen LogP contribution < -0.4 is 14.2 Å². The molecule has 0 saturated carbocycles. The van der Waals surface area contributed by atoms with Gasteiger partial charge >= 0.3 is 0 Å². The van der Waals surface area contributed by atoms with Crippen molar-refractivity contribution in [3.8, 4) is 17.2 Å². The van der Waals surface area contributed by atoms with Crippen molar-refractivity contribution in [2.75, 3.05) is 47.5 Å². The number of hydrogen-bond acceptors (Lipinski definition) is 6. The minimum absolute atomic E-state index is 0.260. The van der Waals surface area contributed by atoms with E-state index in [-0.39, 0.29) is 6.61 Å². The van der Waals surface area contributed by atoms with E-state index in [2.05, 4.69) is 35.0 Å². The number of aliphatic hydroxyl groups is 1. The smallest absolute Gasteiger partial charge is 0.161 e. The highest BCUT2D eigenvalue weighted by Gasteiger charge is 2.16. The molecule has 1 fully saturated rings. The molecule has 1 heterocycles. The Kier molecular flexibility index (Phi) is 9.00. The summed E-state index contributed by atoms with van der Waals surface area (Å²) < 4.78 is 16.7. The van der Waals surface area contributed by atoms with Crippen LogP contribution in [0.2, 0.25) is 0 Å². The summed E-state index contributed by atoms with van der Waals surface area (Å²) in [6, 6.07) is 14.1. The summed E-state index contributed by atoms with van der Waals surface area (Å²) in [5.74, 6) is 2.23. The molecule has 1 aliphatic rings. The Morgan fingerprint density at radius 1 is 0.935 bits per heavy atom. The second kappa shape index (κ2) is 11.9. The highest BCUT2D eigenvalue weighted by molar-refractivity contribution is 5.43. The first-order valence-electron chi connectivity index (χ1n) is 11.1. The summed E-state index contributed by atoms with van der Waals surface area (Å²) in [7, 11) is 5.42. The molecule has 1 saturated heterocycles. The van der Waals surface area contributed by atoms with E-state index in [9.17, 15) is 5.11 Å². The first-order chi connectivity index (χ1) is 15.1. The number of hydrogen-bond donors (Lipinski definition) is 1. The topological polar surface area (TPSA) is 54.4 Å². The molecule has 6 heteroatoms. The zero-order chi connectivity index (χ0) is 22.1. The van der Waals surface area contributed by atoms with E-state index in [1.807, 2.05) is 24.3 Å². The van der Waals surface area contributed by atoms with Crippen LogP contribution in [-0.4, -0.2) is 68.5 Å². The summed E-state index contributed by atoms with van der Waals surface area (Å²) in [4.78, 5) is 4.56. The van der Waals surface area contributed by atoms with Gasteiger partial charge in [-0.05, 0) is 68.4 Å². The van der Waals surface area contributed by atoms with Gasteiger partial charge in [0.25, 0.3) is 0 Å². The Hall–Kier alpha value is -2.28. The molecule has 0 spiro atoms. The predicted molar refractivity (Wildman–Crippen MR) is 123 cm³/mol. The fourth-order valence-electron chi connectivity index (χ4n) is 4.06. The maximum atomic E-state index is 10.4. The van der Waals surface area contributed by atoms with E-state index in [0.717, 1.165) is 37.5 Å². The van der Waals surface area contributed by atoms with E-state index < -0.39 is 6.10 Å². The first kappa shape index (κ1) is 23.4. The fraction of sp³-hybridized carbons (Fsp3) is 0.520. The van der Waals surface area contributed by atoms with Crippen LogP contribution in [0.3, 0.4) is 0 Å². The normalized spacial score (nSPS) is 15.6. The molecule has 0 unspecified atom stereocenters. The molecular weight excluding hydrogens is 392 g/mol. The Balaban J connectivity index is 1.56. The van der Waals surface area contributed by atoms with Crippen molar-refractivity contribution in [2.45, 2.75) is 38.5 Å². The molecule has 1 atom stereocenters. The molecule has 2 aromatic rings. The fourth-order valence-corrected chi connectivity index (χ4v) is 4.06. The molecular formula is C25H36N2O4. The Labute approximate surface area is 186 Å². The average molecular weight is 429 g/mol. The molecule has 0 bridgehead atoms. The third kappa shape index (κ3) is 7.42. The van der Waals surface area contributed by atoms with Gasteiger partial charge in [0.1, 0.15) is 18.5 Å². The molecule has 170 valence electrons. The highest BCUT2D eigenvalue weighted by atomic mass is 16.5. The number of ether oxygens (including phenoxy) is 3. The first-order valence-corrected chi connectivity index (χ1v) is 11.1. The van der Waals surface area contributed by atoms with Crippen molar-refractivity contribution in [3.63, 3.8) is 0 Å². The molecule has 1 N–H and O–H groups in total. The number of benzene rings is 2. The largest absolute Gasteiger partial charge is 0.497 e. The Morgan fingerprint density at radius 3 is 2.39 bits per heavy atom. The SMILES string of the molecule is COc1cccc(CN(C)Cc2ccc(OC)c(OC[C@H](O)CN3CCCCC3)c2)c1. The maximum absolute atomic E-state index is 10.4. The van der Waals surface area contributed by atoms with Crippen LogP contribution >= 0.6 is 0 Å². The van der Waals surface area contributed by atoms with Crippen LogP contribution in [0.5, 0.6) is 17.2 Å². The molecule has 3 rings (SSSR count). The average Bonchev–Trinajstić information content (AvgIpc) is 2.78. The van der Waals surface area contributed by atoms with Crippen LogP contribution in [0.15, 0.2) is 42.5 Å². The third-order valence-electron chi connectivity index (χ3n) is 5.62. The summed E-state index contributed by atoms with van der Waals surface area (Å²) in [6.45, 7) is 4.63. The second-order valence-corrected chi connectivity index (χ2v) is 8.34. The standard InChI is InChI=1S/C25H36N2O4/c1-26(16-20-8-7-9-23(14-20)29-2)17-21-10-11-24(30-3)25(15-21)31-19-22(28)18-27-12-5-4-6-13-27/h7-11,14-15,22,28H,4-6,12-13,16-19H2,1-3H3/t22-/m1/s1. The number of likely N-dealkylation sites (tertiary alicyclic amines) is 1. The van der Waals surface area contributed by atoms with Crippen LogP contribution in [0.1, 0.15) is 30.4 Å². The molecule has 0 radical (unpaired) electrons. The molecule has 31 heavy (non-hydrogen) atoms. The molecule has 0 aliphatic carbocycles. The lowest BCUT2D eigenvalue weighted by atomic mass is 10.1. The van der Waals surface area contributed by atoms with Gasteiger partial charge in [-0.1, -0.05) is 24.6 Å². The zero-order valence-corrected chi connectivity index (χ0v) is 19.0. The number of aliphatic hydroxyl groups excluding tert-OH is 1. The second-order valence-electron chi connectivity index (χ2n) is 8.34. The molecule has 6 nitrogen and oxygen atoms in total. The Bertz CT molecular complexity index is 808. The van der Waals surface area contributed by atoms with Crippen molar-refractivity contribution in [2.24, 2.45) is 0 Å². The Morgan fingerprint density at radius 2 is 1.68 bits per heavy atom. The van der Waals surface area contributed by atoms with Gasteiger partial charge in [0, 0.05) is 19.6 Å². The third-order valence-corrected chi connectivity index (χ3v) is 5.62. The number of rotatable bonds is 11. The van der Waals surface area contributed by atoms with Crippen molar-refractivity contribution in [1.82, 2.24) is 9.80 Å². The molecule has 1 aliphatic heterocycles. The van der Waals surface area contributed by atoms with Crippen LogP contribution in [0.4, 0.5) is 0 Å². The van der Waals surface area contributed by atoms with Crippen molar-refractivity contribution in [1.29, 1.82) is 0 Å². The van der Waals surface area contributed by atoms with Crippen molar-refractivity contribution < 1.29 is 19.3 Å². The lowest BCUT2D eigenvalue weighted by Gasteiger charge is -2.28. The van der Waals surface area contributed by atoms with E-state index in [1.165, 1.54) is 24.8 Å². The summed E-state index contributed by atoms with van der Waals surface area (Å²) >= 11 is 0. The summed E-state index contributed by atoms with van der Waals surface area (Å²) in [5.41, 5.74) is 2.33. The van der Waals surface area contributed by atoms with E-state index >= 15 is 0 Å². The van der Waals surface area contributed by atoms with Crippen LogP contribution in [-0.2, 0) is 13.1 Å². The number of piperidine rings is 1. The molecule has 0 amide bonds. The van der Waals surface area contributed by atoms with Gasteiger partial charge in [0.05, 0.1) is 14.2 Å². The van der Waals surface area contributed by atoms with Gasteiger partial charge in [-0.25, -0.2) is 0 Å². The van der Waals surface area contributed by atoms with E-state index in [4.69, 9.17) is 14.2 Å². The number of methoxy groups -OCH3 is 2. The monoisotopic (exact) mass is 428 g/mol. The molecule has 0 aromatic heterocycles. The van der Waals surface area contributed by atoms with Gasteiger partial charge in [-0.2, -0.15) is 0 Å². The van der Waals surface area contributed by atoms with Gasteiger partial charge in [0.15, 0.2) is 11.5 Å². The van der Waals surface area contributed by atoms with Crippen LogP contribution in [0.25, 0.3) is 0 Å². The maximum Gasteiger partial charge on any atom is 0.161 e. The van der Waals surface area contributed by atoms with E-state index in [0.29, 0.717) is 18.0 Å². The van der Waals surface area contributed by atoms with Crippen molar-refractivity contribution in [3.05, 3.63) is 53.6 Å². The summed E-state index contributed by atoms with van der Waals surface area (Å²) in [6.07, 6.45) is 3.21. The lowest BCUT2D eigenvalue weighted by molar-refractivity contribution is 0.0608. The van der Waals surface area contributed by atoms with Gasteiger partial charge in [-0.15, -0.1) is 0 Å². The lowest BCUT2D eigenvalue weighted by Crippen LogP contribution is -2.38. The van der Waals surface area contributed by atoms with Crippen LogP contribution in [0, 0.1) is 0 Å². The minimum Gasteiger partial charge on any atom is -0.497 e. The highest BCUT2D eigenvalue weighted by Crippen LogP contribution is 2.29. The quantitative estimate of drug-likeness (QED) is 0.591. The molecule has 2 aromatic carbocycles. The van der Waals surface area contributed by atoms with E-state index in [1.54, 1.807) is 14.2 Å².